The highest BCUT2D eigenvalue weighted by molar-refractivity contribution is 5.92. The first kappa shape index (κ1) is 13.0. The van der Waals surface area contributed by atoms with Crippen molar-refractivity contribution in [3.63, 3.8) is 0 Å². The molecule has 1 aliphatic rings. The fourth-order valence-electron chi connectivity index (χ4n) is 2.02. The maximum absolute atomic E-state index is 11.8. The van der Waals surface area contributed by atoms with Gasteiger partial charge in [-0.3, -0.25) is 9.69 Å². The minimum absolute atomic E-state index is 0.0890. The summed E-state index contributed by atoms with van der Waals surface area (Å²) in [5, 5.41) is 6.22. The molecule has 0 aromatic carbocycles. The summed E-state index contributed by atoms with van der Waals surface area (Å²) < 4.78 is 0. The van der Waals surface area contributed by atoms with Crippen LogP contribution in [0.4, 0.5) is 0 Å². The third-order valence-corrected chi connectivity index (χ3v) is 3.04. The van der Waals surface area contributed by atoms with Crippen molar-refractivity contribution in [2.45, 2.75) is 6.92 Å². The third kappa shape index (κ3) is 3.78. The molecule has 0 spiro atoms. The topological polar surface area (TPSA) is 57.3 Å². The van der Waals surface area contributed by atoms with Crippen LogP contribution in [-0.2, 0) is 0 Å². The largest absolute Gasteiger partial charge is 0.349 e. The molecule has 18 heavy (non-hydrogen) atoms. The Morgan fingerprint density at radius 3 is 2.94 bits per heavy atom. The van der Waals surface area contributed by atoms with Crippen LogP contribution in [0.25, 0.3) is 0 Å². The van der Waals surface area contributed by atoms with Crippen molar-refractivity contribution in [3.05, 3.63) is 29.6 Å². The molecule has 0 aliphatic carbocycles. The van der Waals surface area contributed by atoms with Crippen LogP contribution in [0.2, 0.25) is 0 Å². The monoisotopic (exact) mass is 248 g/mol. The standard InChI is InChI=1S/C13H20N4O/c1-11-3-2-4-12(16-11)13(18)15-7-10-17-8-5-14-6-9-17/h2-4,14H,5-10H2,1H3,(H,15,18). The Labute approximate surface area is 108 Å². The van der Waals surface area contributed by atoms with Crippen LogP contribution in [0.15, 0.2) is 18.2 Å². The zero-order chi connectivity index (χ0) is 12.8. The normalized spacial score (nSPS) is 16.5. The number of aromatic nitrogens is 1. The summed E-state index contributed by atoms with van der Waals surface area (Å²) in [6, 6.07) is 5.48. The van der Waals surface area contributed by atoms with Crippen molar-refractivity contribution in [1.29, 1.82) is 0 Å². The van der Waals surface area contributed by atoms with Gasteiger partial charge in [-0.2, -0.15) is 0 Å². The lowest BCUT2D eigenvalue weighted by molar-refractivity contribution is 0.0942. The van der Waals surface area contributed by atoms with Crippen molar-refractivity contribution in [2.24, 2.45) is 0 Å². The zero-order valence-electron chi connectivity index (χ0n) is 10.8. The van der Waals surface area contributed by atoms with Gasteiger partial charge < -0.3 is 10.6 Å². The van der Waals surface area contributed by atoms with Gasteiger partial charge >= 0.3 is 0 Å². The molecule has 0 bridgehead atoms. The van der Waals surface area contributed by atoms with Gasteiger partial charge in [0.15, 0.2) is 0 Å². The van der Waals surface area contributed by atoms with E-state index in [4.69, 9.17) is 0 Å². The molecule has 98 valence electrons. The van der Waals surface area contributed by atoms with Crippen LogP contribution in [0.5, 0.6) is 0 Å². The lowest BCUT2D eigenvalue weighted by Crippen LogP contribution is -2.46. The summed E-state index contributed by atoms with van der Waals surface area (Å²) in [6.07, 6.45) is 0. The minimum atomic E-state index is -0.0890. The number of pyridine rings is 1. The molecule has 2 heterocycles. The maximum Gasteiger partial charge on any atom is 0.269 e. The molecule has 1 aliphatic heterocycles. The van der Waals surface area contributed by atoms with Crippen LogP contribution >= 0.6 is 0 Å². The van der Waals surface area contributed by atoms with Crippen LogP contribution in [0, 0.1) is 6.92 Å². The quantitative estimate of drug-likeness (QED) is 0.789. The van der Waals surface area contributed by atoms with Crippen molar-refractivity contribution in [1.82, 2.24) is 20.5 Å². The number of hydrogen-bond donors (Lipinski definition) is 2. The van der Waals surface area contributed by atoms with E-state index in [0.29, 0.717) is 12.2 Å². The van der Waals surface area contributed by atoms with Gasteiger partial charge in [0.05, 0.1) is 0 Å². The maximum atomic E-state index is 11.8. The molecule has 1 fully saturated rings. The van der Waals surface area contributed by atoms with Gasteiger partial charge in [0.2, 0.25) is 0 Å². The van der Waals surface area contributed by atoms with Gasteiger partial charge in [-0.15, -0.1) is 0 Å². The van der Waals surface area contributed by atoms with Gasteiger partial charge in [-0.25, -0.2) is 4.98 Å². The summed E-state index contributed by atoms with van der Waals surface area (Å²) >= 11 is 0. The van der Waals surface area contributed by atoms with Crippen LogP contribution in [0.3, 0.4) is 0 Å². The number of aryl methyl sites for hydroxylation is 1. The Morgan fingerprint density at radius 2 is 2.22 bits per heavy atom. The van der Waals surface area contributed by atoms with E-state index in [1.807, 2.05) is 19.1 Å². The molecule has 2 N–H and O–H groups in total. The van der Waals surface area contributed by atoms with E-state index < -0.39 is 0 Å². The van der Waals surface area contributed by atoms with Crippen molar-refractivity contribution < 1.29 is 4.79 Å². The van der Waals surface area contributed by atoms with Crippen LogP contribution in [-0.4, -0.2) is 55.1 Å². The molecule has 1 aromatic rings. The van der Waals surface area contributed by atoms with E-state index in [9.17, 15) is 4.79 Å². The smallest absolute Gasteiger partial charge is 0.269 e. The van der Waals surface area contributed by atoms with Gasteiger partial charge in [-0.1, -0.05) is 6.07 Å². The number of carbonyl (C=O) groups is 1. The minimum Gasteiger partial charge on any atom is -0.349 e. The van der Waals surface area contributed by atoms with Gasteiger partial charge in [0, 0.05) is 45.0 Å². The molecule has 0 radical (unpaired) electrons. The Hall–Kier alpha value is -1.46. The average Bonchev–Trinajstić information content (AvgIpc) is 2.40. The van der Waals surface area contributed by atoms with E-state index >= 15 is 0 Å². The van der Waals surface area contributed by atoms with Crippen molar-refractivity contribution in [2.75, 3.05) is 39.3 Å². The number of carbonyl (C=O) groups excluding carboxylic acids is 1. The van der Waals surface area contributed by atoms with Gasteiger partial charge in [0.25, 0.3) is 5.91 Å². The summed E-state index contributed by atoms with van der Waals surface area (Å²) in [6.45, 7) is 7.64. The van der Waals surface area contributed by atoms with Crippen molar-refractivity contribution >= 4 is 5.91 Å². The van der Waals surface area contributed by atoms with Gasteiger partial charge in [-0.05, 0) is 19.1 Å². The number of amides is 1. The van der Waals surface area contributed by atoms with Crippen molar-refractivity contribution in [3.8, 4) is 0 Å². The molecule has 0 unspecified atom stereocenters. The van der Waals surface area contributed by atoms with Crippen LogP contribution < -0.4 is 10.6 Å². The Kier molecular flexibility index (Phi) is 4.66. The number of hydrogen-bond acceptors (Lipinski definition) is 4. The first-order valence-corrected chi connectivity index (χ1v) is 6.40. The Morgan fingerprint density at radius 1 is 1.44 bits per heavy atom. The molecular weight excluding hydrogens is 228 g/mol. The lowest BCUT2D eigenvalue weighted by Gasteiger charge is -2.27. The second kappa shape index (κ2) is 6.47. The SMILES string of the molecule is Cc1cccc(C(=O)NCCN2CCNCC2)n1. The zero-order valence-corrected chi connectivity index (χ0v) is 10.8. The number of rotatable bonds is 4. The first-order valence-electron chi connectivity index (χ1n) is 6.40. The summed E-state index contributed by atoms with van der Waals surface area (Å²) in [7, 11) is 0. The third-order valence-electron chi connectivity index (χ3n) is 3.04. The second-order valence-corrected chi connectivity index (χ2v) is 4.51. The highest BCUT2D eigenvalue weighted by Crippen LogP contribution is 1.98. The number of piperazine rings is 1. The lowest BCUT2D eigenvalue weighted by atomic mass is 10.3. The predicted octanol–water partition coefficient (Wildman–Crippen LogP) is 0.0250. The molecule has 1 aromatic heterocycles. The van der Waals surface area contributed by atoms with E-state index in [0.717, 1.165) is 38.4 Å². The second-order valence-electron chi connectivity index (χ2n) is 4.51. The van der Waals surface area contributed by atoms with E-state index in [1.165, 1.54) is 0 Å². The Bertz CT molecular complexity index is 402. The molecule has 5 heteroatoms. The molecule has 1 amide bonds. The van der Waals surface area contributed by atoms with E-state index in [2.05, 4.69) is 20.5 Å². The number of nitrogens with zero attached hydrogens (tertiary/aromatic N) is 2. The summed E-state index contributed by atoms with van der Waals surface area (Å²) in [5.74, 6) is -0.0890. The fraction of sp³-hybridized carbons (Fsp3) is 0.538. The average molecular weight is 248 g/mol. The predicted molar refractivity (Wildman–Crippen MR) is 70.6 cm³/mol. The van der Waals surface area contributed by atoms with Gasteiger partial charge in [0.1, 0.15) is 5.69 Å². The fourth-order valence-corrected chi connectivity index (χ4v) is 2.02. The molecule has 5 nitrogen and oxygen atoms in total. The highest BCUT2D eigenvalue weighted by Gasteiger charge is 2.10. The summed E-state index contributed by atoms with van der Waals surface area (Å²) in [4.78, 5) is 18.4. The first-order chi connectivity index (χ1) is 8.75. The molecular formula is C13H20N4O. The van der Waals surface area contributed by atoms with E-state index in [-0.39, 0.29) is 5.91 Å². The Balaban J connectivity index is 1.74. The number of nitrogens with one attached hydrogen (secondary N) is 2. The highest BCUT2D eigenvalue weighted by atomic mass is 16.1. The summed E-state index contributed by atoms with van der Waals surface area (Å²) in [5.41, 5.74) is 1.36. The van der Waals surface area contributed by atoms with E-state index in [1.54, 1.807) is 6.07 Å². The molecule has 2 rings (SSSR count). The molecule has 1 saturated heterocycles. The van der Waals surface area contributed by atoms with Crippen LogP contribution in [0.1, 0.15) is 16.2 Å². The molecule has 0 atom stereocenters. The molecule has 0 saturated carbocycles.